The van der Waals surface area contributed by atoms with E-state index in [-0.39, 0.29) is 24.8 Å². The first kappa shape index (κ1) is 25.5. The third kappa shape index (κ3) is 7.38. The number of rotatable bonds is 0. The summed E-state index contributed by atoms with van der Waals surface area (Å²) in [7, 11) is 0. The van der Waals surface area contributed by atoms with Crippen molar-refractivity contribution in [1.29, 1.82) is 0 Å². The van der Waals surface area contributed by atoms with Gasteiger partial charge in [-0.25, -0.2) is 12.1 Å². The number of hydrogen-bond donors (Lipinski definition) is 0. The van der Waals surface area contributed by atoms with Crippen LogP contribution in [-0.4, -0.2) is 5.43 Å². The molecule has 0 aromatic heterocycles. The van der Waals surface area contributed by atoms with E-state index < -0.39 is 0 Å². The fourth-order valence-corrected chi connectivity index (χ4v) is 7.70. The third-order valence-electron chi connectivity index (χ3n) is 4.85. The molecule has 0 bridgehead atoms. The summed E-state index contributed by atoms with van der Waals surface area (Å²) in [5, 5.41) is 0. The van der Waals surface area contributed by atoms with Gasteiger partial charge >= 0.3 is 53.7 Å². The summed E-state index contributed by atoms with van der Waals surface area (Å²) >= 11 is 1.87. The average molecular weight is 505 g/mol. The zero-order valence-corrected chi connectivity index (χ0v) is 21.5. The molecule has 1 heterocycles. The van der Waals surface area contributed by atoms with Crippen LogP contribution in [0.5, 0.6) is 0 Å². The van der Waals surface area contributed by atoms with Crippen molar-refractivity contribution in [2.45, 2.75) is 45.2 Å². The molecule has 2 aliphatic rings. The Balaban J connectivity index is 0.000000252. The topological polar surface area (TPSA) is 0 Å². The van der Waals surface area contributed by atoms with Gasteiger partial charge in [-0.05, 0) is 18.9 Å². The molecule has 0 amide bonds. The van der Waals surface area contributed by atoms with E-state index in [9.17, 15) is 0 Å². The predicted molar refractivity (Wildman–Crippen MR) is 110 cm³/mol. The molecule has 1 saturated heterocycles. The van der Waals surface area contributed by atoms with Crippen molar-refractivity contribution >= 4 is 5.43 Å². The van der Waals surface area contributed by atoms with Gasteiger partial charge in [-0.1, -0.05) is 36.2 Å². The first-order chi connectivity index (χ1) is 12.6. The van der Waals surface area contributed by atoms with Crippen LogP contribution < -0.4 is 24.8 Å². The Labute approximate surface area is 197 Å². The molecule has 3 aromatic rings. The van der Waals surface area contributed by atoms with Crippen LogP contribution >= 0.6 is 0 Å². The average Bonchev–Trinajstić information content (AvgIpc) is 3.37. The van der Waals surface area contributed by atoms with Crippen molar-refractivity contribution in [3.8, 4) is 11.1 Å². The van der Waals surface area contributed by atoms with Crippen molar-refractivity contribution in [2.24, 2.45) is 0 Å². The largest absolute Gasteiger partial charge is 0.214 e. The SMILES string of the molecule is Cc1[c-]c2c(cc1)-c1ccc(C)cc1C2.[Cl-].[Cl-].[Zr+2]=[Si]1CCCC1.c1cc[cH-]c1. The summed E-state index contributed by atoms with van der Waals surface area (Å²) < 4.78 is 0. The van der Waals surface area contributed by atoms with E-state index >= 15 is 0 Å². The van der Waals surface area contributed by atoms with Gasteiger partial charge in [0.25, 0.3) is 0 Å². The van der Waals surface area contributed by atoms with Crippen LogP contribution in [0.25, 0.3) is 11.1 Å². The molecule has 1 aliphatic carbocycles. The van der Waals surface area contributed by atoms with Gasteiger partial charge in [0, 0.05) is 0 Å². The quantitative estimate of drug-likeness (QED) is 0.240. The first-order valence-corrected chi connectivity index (χ1v) is 15.1. The molecule has 0 unspecified atom stereocenters. The van der Waals surface area contributed by atoms with Gasteiger partial charge in [0.05, 0.1) is 0 Å². The second-order valence-electron chi connectivity index (χ2n) is 7.14. The molecule has 0 nitrogen and oxygen atoms in total. The van der Waals surface area contributed by atoms with Crippen molar-refractivity contribution in [3.05, 3.63) is 89.0 Å². The molecular weight excluding hydrogens is 478 g/mol. The van der Waals surface area contributed by atoms with E-state index in [1.165, 1.54) is 33.4 Å². The Morgan fingerprint density at radius 2 is 1.57 bits per heavy atom. The molecule has 0 N–H and O–H groups in total. The maximum absolute atomic E-state index is 3.45. The molecule has 28 heavy (non-hydrogen) atoms. The summed E-state index contributed by atoms with van der Waals surface area (Å²) in [5.74, 6) is 0. The monoisotopic (exact) mass is 502 g/mol. The second-order valence-corrected chi connectivity index (χ2v) is 14.6. The van der Waals surface area contributed by atoms with Gasteiger partial charge in [0.1, 0.15) is 0 Å². The van der Waals surface area contributed by atoms with E-state index in [4.69, 9.17) is 0 Å². The number of benzene rings is 2. The molecule has 0 saturated carbocycles. The van der Waals surface area contributed by atoms with Crippen molar-refractivity contribution in [3.63, 3.8) is 0 Å². The Hall–Kier alpha value is -0.530. The summed E-state index contributed by atoms with van der Waals surface area (Å²) in [5.41, 5.74) is 8.49. The van der Waals surface area contributed by atoms with E-state index in [0.717, 1.165) is 6.42 Å². The van der Waals surface area contributed by atoms with Gasteiger partial charge in [0.2, 0.25) is 0 Å². The van der Waals surface area contributed by atoms with Gasteiger partial charge in [-0.2, -0.15) is 42.0 Å². The Kier molecular flexibility index (Phi) is 11.8. The minimum absolute atomic E-state index is 0. The van der Waals surface area contributed by atoms with Crippen molar-refractivity contribution < 1.29 is 48.1 Å². The summed E-state index contributed by atoms with van der Waals surface area (Å²) in [6.07, 6.45) is 4.16. The van der Waals surface area contributed by atoms with Crippen LogP contribution in [-0.2, 0) is 29.8 Å². The minimum Gasteiger partial charge on any atom is -0.214 e. The molecular formula is C24H26Cl2SiZr-2. The predicted octanol–water partition coefficient (Wildman–Crippen LogP) is 0.407. The van der Waals surface area contributed by atoms with Crippen LogP contribution in [0.2, 0.25) is 12.1 Å². The van der Waals surface area contributed by atoms with E-state index in [1.54, 1.807) is 24.9 Å². The van der Waals surface area contributed by atoms with E-state index in [2.05, 4.69) is 50.2 Å². The van der Waals surface area contributed by atoms with Gasteiger partial charge in [-0.3, -0.25) is 0 Å². The number of hydrogen-bond acceptors (Lipinski definition) is 0. The Morgan fingerprint density at radius 3 is 2.11 bits per heavy atom. The molecule has 1 fully saturated rings. The smallest absolute Gasteiger partial charge is 0.172 e. The molecule has 0 radical (unpaired) electrons. The first-order valence-electron chi connectivity index (χ1n) is 9.48. The molecule has 1 aliphatic heterocycles. The number of aryl methyl sites for hydroxylation is 2. The zero-order chi connectivity index (χ0) is 18.4. The number of halogens is 2. The number of fused-ring (bicyclic) bond motifs is 3. The third-order valence-corrected chi connectivity index (χ3v) is 10.5. The van der Waals surface area contributed by atoms with Crippen LogP contribution in [0, 0.1) is 19.9 Å². The van der Waals surface area contributed by atoms with Crippen LogP contribution in [0.1, 0.15) is 35.1 Å². The minimum atomic E-state index is 0. The maximum atomic E-state index is 3.45. The fourth-order valence-electron chi connectivity index (χ4n) is 3.49. The van der Waals surface area contributed by atoms with Crippen LogP contribution in [0.3, 0.4) is 0 Å². The summed E-state index contributed by atoms with van der Waals surface area (Å²) in [4.78, 5) is 0. The van der Waals surface area contributed by atoms with Gasteiger partial charge < -0.3 is 24.8 Å². The molecule has 146 valence electrons. The maximum Gasteiger partial charge on any atom is -0.172 e. The second kappa shape index (κ2) is 12.9. The zero-order valence-electron chi connectivity index (χ0n) is 16.6. The standard InChI is InChI=1S/C15H13.C5H5.C4H8Si.2ClH.Zr/c1-10-3-5-14-12(7-10)9-13-8-11(2)4-6-15(13)14;2*1-2-4-5-3-1;;;/h3-7H,9H2,1-2H3;1-5H;1-4H2;2*1H;/q2*-1;;;;+2/p-2. The van der Waals surface area contributed by atoms with Crippen LogP contribution in [0.4, 0.5) is 0 Å². The van der Waals surface area contributed by atoms with Crippen LogP contribution in [0.15, 0.2) is 60.7 Å². The van der Waals surface area contributed by atoms with Crippen molar-refractivity contribution in [1.82, 2.24) is 0 Å². The Bertz CT molecular complexity index is 798. The van der Waals surface area contributed by atoms with Gasteiger partial charge in [0.15, 0.2) is 0 Å². The van der Waals surface area contributed by atoms with Gasteiger partial charge in [-0.15, -0.1) is 11.1 Å². The molecule has 5 rings (SSSR count). The summed E-state index contributed by atoms with van der Waals surface area (Å²) in [6, 6.07) is 27.8. The molecule has 3 aromatic carbocycles. The molecule has 4 heteroatoms. The molecule has 0 spiro atoms. The molecule has 0 atom stereocenters. The fraction of sp³-hybridized carbons (Fsp3) is 0.292. The van der Waals surface area contributed by atoms with Crippen molar-refractivity contribution in [2.75, 3.05) is 0 Å². The van der Waals surface area contributed by atoms with E-state index in [1.807, 2.05) is 53.7 Å². The normalized spacial score (nSPS) is 12.9. The Morgan fingerprint density at radius 1 is 0.929 bits per heavy atom. The van der Waals surface area contributed by atoms with E-state index in [0.29, 0.717) is 5.43 Å². The summed E-state index contributed by atoms with van der Waals surface area (Å²) in [6.45, 7) is 4.26.